The van der Waals surface area contributed by atoms with Crippen LogP contribution in [0.5, 0.6) is 0 Å². The predicted octanol–water partition coefficient (Wildman–Crippen LogP) is 2.35. The summed E-state index contributed by atoms with van der Waals surface area (Å²) in [5.74, 6) is 2.05. The van der Waals surface area contributed by atoms with E-state index in [-0.39, 0.29) is 12.1 Å². The Bertz CT molecular complexity index is 657. The van der Waals surface area contributed by atoms with E-state index in [9.17, 15) is 4.79 Å². The molecule has 0 spiro atoms. The van der Waals surface area contributed by atoms with Crippen LogP contribution in [0.3, 0.4) is 0 Å². The molecule has 1 fully saturated rings. The van der Waals surface area contributed by atoms with Crippen molar-refractivity contribution in [3.63, 3.8) is 0 Å². The number of rotatable bonds is 3. The minimum Gasteiger partial charge on any atom is -0.467 e. The Morgan fingerprint density at radius 2 is 2.22 bits per heavy atom. The van der Waals surface area contributed by atoms with Crippen LogP contribution in [-0.2, 0) is 4.74 Å². The second-order valence-electron chi connectivity index (χ2n) is 5.53. The minimum atomic E-state index is -0.231. The van der Waals surface area contributed by atoms with Crippen LogP contribution in [0.1, 0.15) is 11.9 Å². The number of furan rings is 1. The van der Waals surface area contributed by atoms with Crippen molar-refractivity contribution in [1.82, 2.24) is 9.88 Å². The molecule has 0 aromatic carbocycles. The lowest BCUT2D eigenvalue weighted by atomic mass is 10.2. The summed E-state index contributed by atoms with van der Waals surface area (Å²) in [6.45, 7) is 1.47. The monoisotopic (exact) mass is 316 g/mol. The van der Waals surface area contributed by atoms with Crippen molar-refractivity contribution in [2.45, 2.75) is 6.10 Å². The molecule has 1 aliphatic heterocycles. The normalized spacial score (nSPS) is 17.8. The predicted molar refractivity (Wildman–Crippen MR) is 86.6 cm³/mol. The molecule has 1 N–H and O–H groups in total. The molecule has 1 unspecified atom stereocenters. The summed E-state index contributed by atoms with van der Waals surface area (Å²) >= 11 is 0. The van der Waals surface area contributed by atoms with Gasteiger partial charge in [0.05, 0.1) is 19.4 Å². The number of hydrogen-bond acceptors (Lipinski definition) is 5. The molecule has 23 heavy (non-hydrogen) atoms. The number of carbonyl (C=O) groups excluding carboxylic acids is 1. The molecule has 1 saturated heterocycles. The van der Waals surface area contributed by atoms with Gasteiger partial charge in [-0.25, -0.2) is 9.78 Å². The highest BCUT2D eigenvalue weighted by Crippen LogP contribution is 2.23. The van der Waals surface area contributed by atoms with E-state index >= 15 is 0 Å². The van der Waals surface area contributed by atoms with Crippen molar-refractivity contribution in [3.8, 4) is 0 Å². The summed E-state index contributed by atoms with van der Waals surface area (Å²) in [4.78, 5) is 20.4. The summed E-state index contributed by atoms with van der Waals surface area (Å²) in [6, 6.07) is 9.01. The number of ether oxygens (including phenoxy) is 1. The van der Waals surface area contributed by atoms with Crippen LogP contribution in [0.15, 0.2) is 41.0 Å². The molecule has 0 aliphatic carbocycles. The largest absolute Gasteiger partial charge is 0.467 e. The second kappa shape index (κ2) is 6.70. The summed E-state index contributed by atoms with van der Waals surface area (Å²) < 4.78 is 11.0. The Balaban J connectivity index is 1.65. The third-order valence-electron chi connectivity index (χ3n) is 3.64. The van der Waals surface area contributed by atoms with Crippen molar-refractivity contribution in [3.05, 3.63) is 42.4 Å². The number of pyridine rings is 1. The van der Waals surface area contributed by atoms with Crippen LogP contribution in [0, 0.1) is 0 Å². The quantitative estimate of drug-likeness (QED) is 0.941. The minimum absolute atomic E-state index is 0.187. The topological polar surface area (TPSA) is 70.8 Å². The molecule has 1 atom stereocenters. The van der Waals surface area contributed by atoms with E-state index in [2.05, 4.69) is 10.3 Å². The number of morpholine rings is 1. The maximum atomic E-state index is 12.4. The first-order valence-corrected chi connectivity index (χ1v) is 7.49. The molecular weight excluding hydrogens is 296 g/mol. The number of nitrogens with zero attached hydrogens (tertiary/aromatic N) is 3. The lowest BCUT2D eigenvalue weighted by molar-refractivity contribution is -0.0242. The van der Waals surface area contributed by atoms with Crippen LogP contribution >= 0.6 is 0 Å². The number of carbonyl (C=O) groups is 1. The first-order valence-electron chi connectivity index (χ1n) is 7.49. The van der Waals surface area contributed by atoms with Gasteiger partial charge >= 0.3 is 6.03 Å². The number of nitrogens with one attached hydrogen (secondary N) is 1. The maximum Gasteiger partial charge on any atom is 0.323 e. The van der Waals surface area contributed by atoms with Crippen LogP contribution < -0.4 is 10.2 Å². The van der Waals surface area contributed by atoms with E-state index in [1.807, 2.05) is 43.3 Å². The van der Waals surface area contributed by atoms with E-state index in [0.717, 1.165) is 11.6 Å². The number of urea groups is 1. The first kappa shape index (κ1) is 15.4. The summed E-state index contributed by atoms with van der Waals surface area (Å²) in [5, 5.41) is 2.84. The third-order valence-corrected chi connectivity index (χ3v) is 3.64. The van der Waals surface area contributed by atoms with E-state index in [1.165, 1.54) is 0 Å². The number of amides is 2. The zero-order valence-electron chi connectivity index (χ0n) is 13.2. The zero-order chi connectivity index (χ0) is 16.2. The highest BCUT2D eigenvalue weighted by molar-refractivity contribution is 5.88. The zero-order valence-corrected chi connectivity index (χ0v) is 13.2. The Morgan fingerprint density at radius 1 is 1.35 bits per heavy atom. The number of anilines is 2. The third kappa shape index (κ3) is 3.62. The maximum absolute atomic E-state index is 12.4. The Morgan fingerprint density at radius 3 is 2.96 bits per heavy atom. The lowest BCUT2D eigenvalue weighted by Crippen LogP contribution is -2.44. The molecule has 0 bridgehead atoms. The smallest absolute Gasteiger partial charge is 0.323 e. The van der Waals surface area contributed by atoms with Gasteiger partial charge in [-0.05, 0) is 24.3 Å². The van der Waals surface area contributed by atoms with Crippen molar-refractivity contribution in [2.24, 2.45) is 0 Å². The molecule has 1 aliphatic rings. The van der Waals surface area contributed by atoms with Crippen molar-refractivity contribution < 1.29 is 13.9 Å². The molecular formula is C16H20N4O3. The molecule has 3 heterocycles. The molecule has 2 aromatic rings. The van der Waals surface area contributed by atoms with E-state index in [0.29, 0.717) is 25.5 Å². The highest BCUT2D eigenvalue weighted by atomic mass is 16.5. The molecule has 122 valence electrons. The molecule has 7 nitrogen and oxygen atoms in total. The van der Waals surface area contributed by atoms with Crippen molar-refractivity contribution in [1.29, 1.82) is 0 Å². The lowest BCUT2D eigenvalue weighted by Gasteiger charge is -2.31. The van der Waals surface area contributed by atoms with E-state index < -0.39 is 0 Å². The van der Waals surface area contributed by atoms with Crippen LogP contribution in [-0.4, -0.2) is 49.7 Å². The van der Waals surface area contributed by atoms with Gasteiger partial charge in [-0.15, -0.1) is 0 Å². The first-order chi connectivity index (χ1) is 11.1. The van der Waals surface area contributed by atoms with Crippen LogP contribution in [0.25, 0.3) is 0 Å². The van der Waals surface area contributed by atoms with Gasteiger partial charge in [0.25, 0.3) is 0 Å². The molecule has 3 rings (SSSR count). The van der Waals surface area contributed by atoms with Gasteiger partial charge in [-0.2, -0.15) is 0 Å². The average molecular weight is 316 g/mol. The van der Waals surface area contributed by atoms with Crippen LogP contribution in [0.2, 0.25) is 0 Å². The van der Waals surface area contributed by atoms with Crippen molar-refractivity contribution in [2.75, 3.05) is 44.0 Å². The Hall–Kier alpha value is -2.54. The summed E-state index contributed by atoms with van der Waals surface area (Å²) in [7, 11) is 3.81. The SMILES string of the molecule is CN(C)c1cccc(NC(=O)N2CCOC(c3ccco3)C2)n1. The summed E-state index contributed by atoms with van der Waals surface area (Å²) in [5.41, 5.74) is 0. The fraction of sp³-hybridized carbons (Fsp3) is 0.375. The van der Waals surface area contributed by atoms with Crippen LogP contribution in [0.4, 0.5) is 16.4 Å². The standard InChI is InChI=1S/C16H20N4O3/c1-19(2)15-7-3-6-14(17-15)18-16(21)20-8-10-23-13(11-20)12-5-4-9-22-12/h3-7,9,13H,8,10-11H2,1-2H3,(H,17,18,21). The van der Waals surface area contributed by atoms with Gasteiger partial charge in [-0.1, -0.05) is 6.07 Å². The number of hydrogen-bond donors (Lipinski definition) is 1. The number of aromatic nitrogens is 1. The van der Waals surface area contributed by atoms with Gasteiger partial charge in [0, 0.05) is 20.6 Å². The van der Waals surface area contributed by atoms with Gasteiger partial charge in [-0.3, -0.25) is 5.32 Å². The summed E-state index contributed by atoms with van der Waals surface area (Å²) in [6.07, 6.45) is 1.37. The molecule has 0 saturated carbocycles. The molecule has 0 radical (unpaired) electrons. The Kier molecular flexibility index (Phi) is 4.47. The fourth-order valence-electron chi connectivity index (χ4n) is 2.41. The van der Waals surface area contributed by atoms with Gasteiger partial charge in [0.2, 0.25) is 0 Å². The van der Waals surface area contributed by atoms with E-state index in [1.54, 1.807) is 17.2 Å². The van der Waals surface area contributed by atoms with E-state index in [4.69, 9.17) is 9.15 Å². The highest BCUT2D eigenvalue weighted by Gasteiger charge is 2.27. The second-order valence-corrected chi connectivity index (χ2v) is 5.53. The van der Waals surface area contributed by atoms with Gasteiger partial charge in [0.15, 0.2) is 0 Å². The fourth-order valence-corrected chi connectivity index (χ4v) is 2.41. The van der Waals surface area contributed by atoms with Crippen molar-refractivity contribution >= 4 is 17.7 Å². The average Bonchev–Trinajstić information content (AvgIpc) is 3.10. The van der Waals surface area contributed by atoms with Gasteiger partial charge < -0.3 is 19.0 Å². The Labute approximate surface area is 134 Å². The van der Waals surface area contributed by atoms with Gasteiger partial charge in [0.1, 0.15) is 23.5 Å². The molecule has 7 heteroatoms. The molecule has 2 amide bonds. The molecule has 2 aromatic heterocycles.